The summed E-state index contributed by atoms with van der Waals surface area (Å²) in [5.74, 6) is -0.134. The first-order valence-electron chi connectivity index (χ1n) is 7.76. The number of amides is 1. The van der Waals surface area contributed by atoms with Crippen LogP contribution in [0.5, 0.6) is 5.75 Å². The minimum Gasteiger partial charge on any atom is -0.493 e. The van der Waals surface area contributed by atoms with Crippen LogP contribution in [0.3, 0.4) is 0 Å². The molecule has 126 valence electrons. The van der Waals surface area contributed by atoms with Crippen LogP contribution in [0, 0.1) is 13.8 Å². The second-order valence-electron chi connectivity index (χ2n) is 5.39. The van der Waals surface area contributed by atoms with Crippen LogP contribution < -0.4 is 10.1 Å². The number of hydrogen-bond acceptors (Lipinski definition) is 4. The maximum atomic E-state index is 11.9. The predicted molar refractivity (Wildman–Crippen MR) is 92.1 cm³/mol. The van der Waals surface area contributed by atoms with E-state index in [1.165, 1.54) is 0 Å². The van der Waals surface area contributed by atoms with Gasteiger partial charge in [0.05, 0.1) is 13.0 Å². The average Bonchev–Trinajstić information content (AvgIpc) is 2.57. The van der Waals surface area contributed by atoms with Gasteiger partial charge in [-0.1, -0.05) is 36.4 Å². The van der Waals surface area contributed by atoms with Crippen molar-refractivity contribution in [1.82, 2.24) is 0 Å². The maximum Gasteiger partial charge on any atom is 0.309 e. The second kappa shape index (κ2) is 8.72. The van der Waals surface area contributed by atoms with Gasteiger partial charge in [0.2, 0.25) is 0 Å². The molecule has 24 heavy (non-hydrogen) atoms. The Hall–Kier alpha value is -2.82. The zero-order chi connectivity index (χ0) is 17.4. The van der Waals surface area contributed by atoms with E-state index < -0.39 is 5.97 Å². The van der Waals surface area contributed by atoms with E-state index in [2.05, 4.69) is 5.32 Å². The van der Waals surface area contributed by atoms with Crippen molar-refractivity contribution in [2.24, 2.45) is 0 Å². The van der Waals surface area contributed by atoms with E-state index in [0.29, 0.717) is 5.75 Å². The lowest BCUT2D eigenvalue weighted by atomic mass is 10.1. The number of esters is 1. The molecular weight excluding hydrogens is 306 g/mol. The van der Waals surface area contributed by atoms with Gasteiger partial charge in [-0.15, -0.1) is 0 Å². The molecule has 5 heteroatoms. The summed E-state index contributed by atoms with van der Waals surface area (Å²) >= 11 is 0. The maximum absolute atomic E-state index is 11.9. The summed E-state index contributed by atoms with van der Waals surface area (Å²) in [6, 6.07) is 15.0. The molecule has 0 unspecified atom stereocenters. The Morgan fingerprint density at radius 1 is 0.958 bits per heavy atom. The average molecular weight is 327 g/mol. The molecule has 2 aromatic carbocycles. The fourth-order valence-corrected chi connectivity index (χ4v) is 2.17. The molecule has 0 saturated carbocycles. The normalized spacial score (nSPS) is 10.1. The van der Waals surface area contributed by atoms with Crippen molar-refractivity contribution < 1.29 is 19.1 Å². The van der Waals surface area contributed by atoms with Gasteiger partial charge in [0.15, 0.2) is 6.61 Å². The highest BCUT2D eigenvalue weighted by molar-refractivity contribution is 5.94. The number of anilines is 1. The molecule has 2 rings (SSSR count). The van der Waals surface area contributed by atoms with Crippen LogP contribution in [-0.2, 0) is 14.3 Å². The SMILES string of the molecule is Cc1cccc(C)c1NC(=O)COC(=O)CCOc1ccccc1. The molecule has 0 fully saturated rings. The first-order chi connectivity index (χ1) is 11.6. The lowest BCUT2D eigenvalue weighted by Crippen LogP contribution is -2.22. The van der Waals surface area contributed by atoms with E-state index in [0.717, 1.165) is 16.8 Å². The molecule has 0 aliphatic rings. The zero-order valence-corrected chi connectivity index (χ0v) is 13.9. The van der Waals surface area contributed by atoms with Crippen LogP contribution in [0.25, 0.3) is 0 Å². The monoisotopic (exact) mass is 327 g/mol. The fourth-order valence-electron chi connectivity index (χ4n) is 2.17. The summed E-state index contributed by atoms with van der Waals surface area (Å²) in [4.78, 5) is 23.5. The van der Waals surface area contributed by atoms with E-state index in [1.54, 1.807) is 0 Å². The van der Waals surface area contributed by atoms with Gasteiger partial charge in [-0.2, -0.15) is 0 Å². The Morgan fingerprint density at radius 3 is 2.29 bits per heavy atom. The molecule has 1 N–H and O–H groups in total. The third kappa shape index (κ3) is 5.43. The summed E-state index contributed by atoms with van der Waals surface area (Å²) in [7, 11) is 0. The molecule has 0 aliphatic heterocycles. The molecule has 2 aromatic rings. The number of nitrogens with one attached hydrogen (secondary N) is 1. The molecule has 0 atom stereocenters. The Kier molecular flexibility index (Phi) is 6.37. The highest BCUT2D eigenvalue weighted by Crippen LogP contribution is 2.19. The summed E-state index contributed by atoms with van der Waals surface area (Å²) in [5.41, 5.74) is 2.68. The molecule has 1 amide bonds. The Labute approximate surface area is 141 Å². The highest BCUT2D eigenvalue weighted by atomic mass is 16.5. The van der Waals surface area contributed by atoms with Gasteiger partial charge in [-0.3, -0.25) is 9.59 Å². The Bertz CT molecular complexity index is 678. The van der Waals surface area contributed by atoms with Gasteiger partial charge in [0.1, 0.15) is 5.75 Å². The van der Waals surface area contributed by atoms with Crippen molar-refractivity contribution in [2.75, 3.05) is 18.5 Å². The van der Waals surface area contributed by atoms with Gasteiger partial charge in [-0.05, 0) is 37.1 Å². The number of rotatable bonds is 7. The number of carbonyl (C=O) groups excluding carboxylic acids is 2. The predicted octanol–water partition coefficient (Wildman–Crippen LogP) is 3.25. The van der Waals surface area contributed by atoms with Crippen LogP contribution in [0.15, 0.2) is 48.5 Å². The molecule has 0 bridgehead atoms. The lowest BCUT2D eigenvalue weighted by molar-refractivity contribution is -0.147. The number of carbonyl (C=O) groups is 2. The Morgan fingerprint density at radius 2 is 1.62 bits per heavy atom. The van der Waals surface area contributed by atoms with Crippen molar-refractivity contribution in [1.29, 1.82) is 0 Å². The van der Waals surface area contributed by atoms with Gasteiger partial charge >= 0.3 is 5.97 Å². The first kappa shape index (κ1) is 17.5. The zero-order valence-electron chi connectivity index (χ0n) is 13.9. The highest BCUT2D eigenvalue weighted by Gasteiger charge is 2.10. The molecule has 0 saturated heterocycles. The molecule has 0 radical (unpaired) electrons. The topological polar surface area (TPSA) is 64.6 Å². The molecular formula is C19H21NO4. The number of ether oxygens (including phenoxy) is 2. The minimum atomic E-state index is -0.470. The van der Waals surface area contributed by atoms with Crippen molar-refractivity contribution >= 4 is 17.6 Å². The number of benzene rings is 2. The molecule has 0 heterocycles. The number of hydrogen-bond donors (Lipinski definition) is 1. The van der Waals surface area contributed by atoms with Crippen molar-refractivity contribution in [2.45, 2.75) is 20.3 Å². The van der Waals surface area contributed by atoms with Crippen LogP contribution >= 0.6 is 0 Å². The van der Waals surface area contributed by atoms with Crippen molar-refractivity contribution in [3.63, 3.8) is 0 Å². The number of para-hydroxylation sites is 2. The third-order valence-electron chi connectivity index (χ3n) is 3.43. The minimum absolute atomic E-state index is 0.0889. The summed E-state index contributed by atoms with van der Waals surface area (Å²) in [6.07, 6.45) is 0.0889. The van der Waals surface area contributed by atoms with Gasteiger partial charge in [0.25, 0.3) is 5.91 Å². The molecule has 0 aliphatic carbocycles. The standard InChI is InChI=1S/C19H21NO4/c1-14-7-6-8-15(2)19(14)20-17(21)13-24-18(22)11-12-23-16-9-4-3-5-10-16/h3-10H,11-13H2,1-2H3,(H,20,21). The van der Waals surface area contributed by atoms with E-state index in [-0.39, 0.29) is 25.5 Å². The van der Waals surface area contributed by atoms with E-state index >= 15 is 0 Å². The molecule has 0 spiro atoms. The quantitative estimate of drug-likeness (QED) is 0.793. The second-order valence-corrected chi connectivity index (χ2v) is 5.39. The van der Waals surface area contributed by atoms with E-state index in [4.69, 9.17) is 9.47 Å². The van der Waals surface area contributed by atoms with Crippen LogP contribution in [0.1, 0.15) is 17.5 Å². The van der Waals surface area contributed by atoms with Crippen LogP contribution in [0.4, 0.5) is 5.69 Å². The van der Waals surface area contributed by atoms with Gasteiger partial charge in [-0.25, -0.2) is 0 Å². The van der Waals surface area contributed by atoms with Gasteiger partial charge < -0.3 is 14.8 Å². The van der Waals surface area contributed by atoms with E-state index in [1.807, 2.05) is 62.4 Å². The molecule has 5 nitrogen and oxygen atoms in total. The largest absolute Gasteiger partial charge is 0.493 e. The van der Waals surface area contributed by atoms with Crippen LogP contribution in [-0.4, -0.2) is 25.1 Å². The molecule has 0 aromatic heterocycles. The lowest BCUT2D eigenvalue weighted by Gasteiger charge is -2.11. The van der Waals surface area contributed by atoms with Gasteiger partial charge in [0, 0.05) is 5.69 Å². The smallest absolute Gasteiger partial charge is 0.309 e. The third-order valence-corrected chi connectivity index (χ3v) is 3.43. The van der Waals surface area contributed by atoms with Crippen molar-refractivity contribution in [3.05, 3.63) is 59.7 Å². The fraction of sp³-hybridized carbons (Fsp3) is 0.263. The Balaban J connectivity index is 1.70. The van der Waals surface area contributed by atoms with Crippen LogP contribution in [0.2, 0.25) is 0 Å². The summed E-state index contributed by atoms with van der Waals surface area (Å²) < 4.78 is 10.4. The summed E-state index contributed by atoms with van der Waals surface area (Å²) in [5, 5.41) is 2.77. The van der Waals surface area contributed by atoms with Crippen molar-refractivity contribution in [3.8, 4) is 5.75 Å². The summed E-state index contributed by atoms with van der Waals surface area (Å²) in [6.45, 7) is 3.73. The van der Waals surface area contributed by atoms with E-state index in [9.17, 15) is 9.59 Å². The first-order valence-corrected chi connectivity index (χ1v) is 7.76. The number of aryl methyl sites for hydroxylation is 2.